The second-order valence-electron chi connectivity index (χ2n) is 10.2. The molecule has 0 bridgehead atoms. The lowest BCUT2D eigenvalue weighted by Gasteiger charge is -2.59. The van der Waals surface area contributed by atoms with E-state index in [1.807, 2.05) is 14.0 Å². The number of hydrogen-bond donors (Lipinski definition) is 1. The van der Waals surface area contributed by atoms with E-state index in [-0.39, 0.29) is 17.4 Å². The summed E-state index contributed by atoms with van der Waals surface area (Å²) < 4.78 is 6.06. The van der Waals surface area contributed by atoms with E-state index in [0.29, 0.717) is 17.6 Å². The molecule has 4 aliphatic carbocycles. The van der Waals surface area contributed by atoms with Crippen molar-refractivity contribution in [3.05, 3.63) is 0 Å². The molecule has 4 fully saturated rings. The minimum absolute atomic E-state index is 0.0365. The highest BCUT2D eigenvalue weighted by Crippen LogP contribution is 2.65. The van der Waals surface area contributed by atoms with Gasteiger partial charge in [0.05, 0.1) is 11.7 Å². The number of fused-ring (bicyclic) bond motifs is 5. The van der Waals surface area contributed by atoms with Gasteiger partial charge in [-0.15, -0.1) is 0 Å². The first kappa shape index (κ1) is 18.0. The number of aliphatic hydroxyl groups is 1. The first-order valence-electron chi connectivity index (χ1n) is 10.5. The van der Waals surface area contributed by atoms with Crippen LogP contribution in [0.3, 0.4) is 0 Å². The molecule has 0 saturated heterocycles. The number of ketones is 1. The van der Waals surface area contributed by atoms with Gasteiger partial charge < -0.3 is 9.84 Å². The van der Waals surface area contributed by atoms with E-state index in [0.717, 1.165) is 43.4 Å². The van der Waals surface area contributed by atoms with Crippen LogP contribution in [0, 0.1) is 40.9 Å². The zero-order valence-electron chi connectivity index (χ0n) is 16.5. The van der Waals surface area contributed by atoms with E-state index in [1.165, 1.54) is 25.7 Å². The van der Waals surface area contributed by atoms with Crippen LogP contribution >= 0.6 is 0 Å². The summed E-state index contributed by atoms with van der Waals surface area (Å²) in [6, 6.07) is 0. The Morgan fingerprint density at radius 1 is 1.04 bits per heavy atom. The van der Waals surface area contributed by atoms with Crippen LogP contribution in [-0.2, 0) is 9.53 Å². The van der Waals surface area contributed by atoms with E-state index < -0.39 is 5.60 Å². The number of hydrogen-bond acceptors (Lipinski definition) is 3. The molecule has 0 aromatic carbocycles. The van der Waals surface area contributed by atoms with Crippen molar-refractivity contribution in [3.63, 3.8) is 0 Å². The maximum atomic E-state index is 12.3. The van der Waals surface area contributed by atoms with Crippen LogP contribution in [-0.4, -0.2) is 29.7 Å². The number of rotatable bonds is 2. The average molecular weight is 349 g/mol. The number of methoxy groups -OCH3 is 1. The van der Waals surface area contributed by atoms with E-state index >= 15 is 0 Å². The van der Waals surface area contributed by atoms with Crippen molar-refractivity contribution in [2.45, 2.75) is 83.8 Å². The molecule has 0 unspecified atom stereocenters. The summed E-state index contributed by atoms with van der Waals surface area (Å²) >= 11 is 0. The van der Waals surface area contributed by atoms with Crippen molar-refractivity contribution in [1.82, 2.24) is 0 Å². The quantitative estimate of drug-likeness (QED) is 0.813. The highest BCUT2D eigenvalue weighted by atomic mass is 16.5. The highest BCUT2D eigenvalue weighted by molar-refractivity contribution is 5.79. The van der Waals surface area contributed by atoms with Crippen LogP contribution < -0.4 is 0 Å². The molecule has 3 heteroatoms. The number of carbonyl (C=O) groups excluding carboxylic acids is 1. The summed E-state index contributed by atoms with van der Waals surface area (Å²) in [7, 11) is 1.86. The number of carbonyl (C=O) groups is 1. The molecule has 9 atom stereocenters. The molecule has 0 aromatic rings. The molecule has 0 radical (unpaired) electrons. The lowest BCUT2D eigenvalue weighted by molar-refractivity contribution is -0.164. The van der Waals surface area contributed by atoms with Crippen molar-refractivity contribution in [2.24, 2.45) is 40.9 Å². The van der Waals surface area contributed by atoms with Crippen molar-refractivity contribution in [3.8, 4) is 0 Å². The molecule has 4 rings (SSSR count). The van der Waals surface area contributed by atoms with Gasteiger partial charge in [0, 0.05) is 18.4 Å². The molecule has 4 saturated carbocycles. The molecule has 25 heavy (non-hydrogen) atoms. The van der Waals surface area contributed by atoms with Gasteiger partial charge in [0.25, 0.3) is 0 Å². The summed E-state index contributed by atoms with van der Waals surface area (Å²) in [6.45, 7) is 6.18. The van der Waals surface area contributed by atoms with E-state index in [9.17, 15) is 9.90 Å². The van der Waals surface area contributed by atoms with Gasteiger partial charge in [-0.3, -0.25) is 4.79 Å². The molecule has 1 N–H and O–H groups in total. The van der Waals surface area contributed by atoms with E-state index in [1.54, 1.807) is 6.92 Å². The predicted molar refractivity (Wildman–Crippen MR) is 98.1 cm³/mol. The summed E-state index contributed by atoms with van der Waals surface area (Å²) in [5.41, 5.74) is -0.417. The Labute approximate surface area is 152 Å². The van der Waals surface area contributed by atoms with Crippen LogP contribution in [0.25, 0.3) is 0 Å². The summed E-state index contributed by atoms with van der Waals surface area (Å²) in [5.74, 6) is 4.16. The Balaban J connectivity index is 1.63. The van der Waals surface area contributed by atoms with E-state index in [2.05, 4.69) is 6.92 Å². The topological polar surface area (TPSA) is 46.5 Å². The molecule has 3 nitrogen and oxygen atoms in total. The zero-order valence-corrected chi connectivity index (χ0v) is 16.5. The predicted octanol–water partition coefficient (Wildman–Crippen LogP) is 4.22. The molecular formula is C22H36O3. The summed E-state index contributed by atoms with van der Waals surface area (Å²) in [4.78, 5) is 12.3. The van der Waals surface area contributed by atoms with Gasteiger partial charge in [0.15, 0.2) is 0 Å². The van der Waals surface area contributed by atoms with Crippen LogP contribution in [0.5, 0.6) is 0 Å². The Morgan fingerprint density at radius 2 is 1.80 bits per heavy atom. The van der Waals surface area contributed by atoms with Crippen molar-refractivity contribution in [1.29, 1.82) is 0 Å². The van der Waals surface area contributed by atoms with Crippen molar-refractivity contribution < 1.29 is 14.6 Å². The average Bonchev–Trinajstić information content (AvgIpc) is 2.90. The fraction of sp³-hybridized carbons (Fsp3) is 0.955. The SMILES string of the molecule is CO[C@@H]1C[C@H]2[C@@H](CC[C@@H]3C[C@](C)(O)CC[C@@H]32)[C@@H]2CC[C@H](C(C)=O)[C@@]12C. The smallest absolute Gasteiger partial charge is 0.133 e. The fourth-order valence-electron chi connectivity index (χ4n) is 8.06. The minimum atomic E-state index is -0.453. The van der Waals surface area contributed by atoms with Gasteiger partial charge in [0.2, 0.25) is 0 Å². The lowest BCUT2D eigenvalue weighted by atomic mass is 9.48. The van der Waals surface area contributed by atoms with Gasteiger partial charge in [0.1, 0.15) is 5.78 Å². The third kappa shape index (κ3) is 2.64. The molecular weight excluding hydrogens is 312 g/mol. The zero-order chi connectivity index (χ0) is 18.0. The number of Topliss-reactive ketones (excluding diaryl/α,β-unsaturated/α-hetero) is 1. The van der Waals surface area contributed by atoms with Gasteiger partial charge in [-0.1, -0.05) is 6.92 Å². The molecule has 0 aliphatic heterocycles. The molecule has 0 amide bonds. The van der Waals surface area contributed by atoms with Crippen LogP contribution in [0.15, 0.2) is 0 Å². The molecule has 0 spiro atoms. The largest absolute Gasteiger partial charge is 0.390 e. The third-order valence-electron chi connectivity index (χ3n) is 9.08. The summed E-state index contributed by atoms with van der Waals surface area (Å²) in [5, 5.41) is 10.5. The first-order valence-corrected chi connectivity index (χ1v) is 10.5. The summed E-state index contributed by atoms with van der Waals surface area (Å²) in [6.07, 6.45) is 9.29. The minimum Gasteiger partial charge on any atom is -0.390 e. The lowest BCUT2D eigenvalue weighted by Crippen LogP contribution is -2.56. The highest BCUT2D eigenvalue weighted by Gasteiger charge is 2.62. The van der Waals surface area contributed by atoms with Gasteiger partial charge >= 0.3 is 0 Å². The molecule has 142 valence electrons. The second kappa shape index (κ2) is 6.05. The maximum absolute atomic E-state index is 12.3. The van der Waals surface area contributed by atoms with Crippen LogP contribution in [0.2, 0.25) is 0 Å². The third-order valence-corrected chi connectivity index (χ3v) is 9.08. The van der Waals surface area contributed by atoms with Crippen LogP contribution in [0.1, 0.15) is 72.1 Å². The molecule has 4 aliphatic rings. The monoisotopic (exact) mass is 348 g/mol. The van der Waals surface area contributed by atoms with Gasteiger partial charge in [-0.05, 0) is 94.8 Å². The van der Waals surface area contributed by atoms with Crippen molar-refractivity contribution in [2.75, 3.05) is 7.11 Å². The Hall–Kier alpha value is -0.410. The maximum Gasteiger partial charge on any atom is 0.133 e. The van der Waals surface area contributed by atoms with Crippen molar-refractivity contribution >= 4 is 5.78 Å². The van der Waals surface area contributed by atoms with Gasteiger partial charge in [-0.25, -0.2) is 0 Å². The Bertz CT molecular complexity index is 541. The van der Waals surface area contributed by atoms with E-state index in [4.69, 9.17) is 4.74 Å². The second-order valence-corrected chi connectivity index (χ2v) is 10.2. The fourth-order valence-corrected chi connectivity index (χ4v) is 8.06. The Kier molecular flexibility index (Phi) is 4.35. The molecule has 0 heterocycles. The van der Waals surface area contributed by atoms with Crippen LogP contribution in [0.4, 0.5) is 0 Å². The first-order chi connectivity index (χ1) is 11.8. The number of ether oxygens (including phenoxy) is 1. The Morgan fingerprint density at radius 3 is 2.48 bits per heavy atom. The molecule has 0 aromatic heterocycles. The standard InChI is InChI=1S/C22H36O3/c1-13(23)18-7-8-19-16-6-5-14-12-21(2,24)10-9-15(14)17(16)11-20(25-4)22(18,19)3/h14-20,24H,5-12H2,1-4H3/t14-,15+,16-,17-,18-,19+,20-,21-,22-/m1/s1. The normalized spacial score (nSPS) is 55.2. The van der Waals surface area contributed by atoms with Gasteiger partial charge in [-0.2, -0.15) is 0 Å².